The summed E-state index contributed by atoms with van der Waals surface area (Å²) in [6, 6.07) is 9.05. The minimum Gasteiger partial charge on any atom is -0.493 e. The number of alkyl halides is 3. The molecule has 3 N–H and O–H groups in total. The summed E-state index contributed by atoms with van der Waals surface area (Å²) in [6.07, 6.45) is -1.35. The number of aryl methyl sites for hydroxylation is 1. The maximum atomic E-state index is 13.1. The zero-order valence-electron chi connectivity index (χ0n) is 19.5. The molecule has 4 aromatic rings. The zero-order valence-corrected chi connectivity index (χ0v) is 19.5. The quantitative estimate of drug-likeness (QED) is 0.322. The van der Waals surface area contributed by atoms with Crippen molar-refractivity contribution in [3.63, 3.8) is 0 Å². The summed E-state index contributed by atoms with van der Waals surface area (Å²) in [5, 5.41) is 3.63. The number of rotatable bonds is 9. The van der Waals surface area contributed by atoms with Gasteiger partial charge in [-0.05, 0) is 37.3 Å². The smallest absolute Gasteiger partial charge is 0.433 e. The second-order valence-corrected chi connectivity index (χ2v) is 7.65. The van der Waals surface area contributed by atoms with Crippen molar-refractivity contribution in [1.82, 2.24) is 19.9 Å². The van der Waals surface area contributed by atoms with E-state index in [0.29, 0.717) is 39.8 Å². The molecule has 9 nitrogen and oxygen atoms in total. The van der Waals surface area contributed by atoms with Crippen LogP contribution in [-0.4, -0.2) is 40.3 Å². The average Bonchev–Trinajstić information content (AvgIpc) is 2.84. The number of halogens is 3. The van der Waals surface area contributed by atoms with Crippen LogP contribution >= 0.6 is 0 Å². The molecule has 0 unspecified atom stereocenters. The molecule has 0 saturated heterocycles. The third-order valence-electron chi connectivity index (χ3n) is 4.98. The van der Waals surface area contributed by atoms with E-state index in [1.54, 1.807) is 43.6 Å². The van der Waals surface area contributed by atoms with E-state index in [2.05, 4.69) is 25.3 Å². The molecule has 0 aliphatic heterocycles. The van der Waals surface area contributed by atoms with Crippen molar-refractivity contribution < 1.29 is 27.4 Å². The number of nitrogens with zero attached hydrogens (tertiary/aromatic N) is 4. The first kappa shape index (κ1) is 24.8. The van der Waals surface area contributed by atoms with Gasteiger partial charge in [-0.3, -0.25) is 4.98 Å². The van der Waals surface area contributed by atoms with Gasteiger partial charge in [0.25, 0.3) is 0 Å². The molecule has 12 heteroatoms. The van der Waals surface area contributed by atoms with E-state index < -0.39 is 11.9 Å². The summed E-state index contributed by atoms with van der Waals surface area (Å²) in [6.45, 7) is 2.18. The normalized spacial score (nSPS) is 11.4. The molecule has 188 valence electrons. The Morgan fingerprint density at radius 2 is 1.69 bits per heavy atom. The van der Waals surface area contributed by atoms with Crippen molar-refractivity contribution >= 4 is 22.4 Å². The molecule has 0 fully saturated rings. The van der Waals surface area contributed by atoms with Gasteiger partial charge in [-0.2, -0.15) is 13.2 Å². The number of pyridine rings is 2. The molecule has 3 aromatic heterocycles. The molecule has 0 atom stereocenters. The molecule has 0 radical (unpaired) electrons. The number of ether oxygens (including phenoxy) is 3. The predicted molar refractivity (Wildman–Crippen MR) is 127 cm³/mol. The van der Waals surface area contributed by atoms with Gasteiger partial charge >= 0.3 is 6.18 Å². The Morgan fingerprint density at radius 1 is 0.944 bits per heavy atom. The number of fused-ring (bicyclic) bond motifs is 1. The second kappa shape index (κ2) is 10.5. The number of hydrogen-bond donors (Lipinski definition) is 2. The maximum absolute atomic E-state index is 13.1. The van der Waals surface area contributed by atoms with Crippen LogP contribution in [0, 0.1) is 6.92 Å². The molecular formula is C24H23F3N6O3. The molecule has 0 spiro atoms. The summed E-state index contributed by atoms with van der Waals surface area (Å²) in [5.74, 6) is 2.42. The van der Waals surface area contributed by atoms with Crippen molar-refractivity contribution in [2.45, 2.75) is 19.6 Å². The van der Waals surface area contributed by atoms with Crippen LogP contribution in [-0.2, 0) is 12.7 Å². The maximum Gasteiger partial charge on any atom is 0.433 e. The molecule has 4 rings (SSSR count). The lowest BCUT2D eigenvalue weighted by Gasteiger charge is -2.15. The molecule has 1 aromatic carbocycles. The lowest BCUT2D eigenvalue weighted by Crippen LogP contribution is -2.13. The predicted octanol–water partition coefficient (Wildman–Crippen LogP) is 4.41. The Hall–Kier alpha value is -4.35. The highest BCUT2D eigenvalue weighted by Crippen LogP contribution is 2.35. The molecule has 0 aliphatic rings. The van der Waals surface area contributed by atoms with Gasteiger partial charge in [-0.25, -0.2) is 15.0 Å². The van der Waals surface area contributed by atoms with Crippen molar-refractivity contribution in [2.24, 2.45) is 0 Å². The van der Waals surface area contributed by atoms with Crippen LogP contribution in [0.1, 0.15) is 17.2 Å². The van der Waals surface area contributed by atoms with E-state index in [0.717, 1.165) is 6.07 Å². The number of anilines is 2. The first-order chi connectivity index (χ1) is 17.2. The fourth-order valence-corrected chi connectivity index (χ4v) is 3.43. The van der Waals surface area contributed by atoms with Crippen LogP contribution in [0.15, 0.2) is 48.8 Å². The fraction of sp³-hybridized carbons (Fsp3) is 0.250. The molecule has 36 heavy (non-hydrogen) atoms. The second-order valence-electron chi connectivity index (χ2n) is 7.65. The van der Waals surface area contributed by atoms with Crippen molar-refractivity contribution in [2.75, 3.05) is 31.4 Å². The highest BCUT2D eigenvalue weighted by Gasteiger charge is 2.33. The number of aromatic nitrogens is 4. The number of nitrogens with one attached hydrogen (secondary N) is 1. The molecule has 3 heterocycles. The van der Waals surface area contributed by atoms with E-state index in [1.807, 2.05) is 0 Å². The van der Waals surface area contributed by atoms with Crippen LogP contribution < -0.4 is 25.3 Å². The Morgan fingerprint density at radius 3 is 2.42 bits per heavy atom. The van der Waals surface area contributed by atoms with E-state index >= 15 is 0 Å². The molecule has 0 amide bonds. The number of methoxy groups -OCH3 is 1. The van der Waals surface area contributed by atoms with E-state index in [-0.39, 0.29) is 31.1 Å². The molecule has 0 saturated carbocycles. The summed E-state index contributed by atoms with van der Waals surface area (Å²) in [7, 11) is 1.51. The third kappa shape index (κ3) is 6.01. The largest absolute Gasteiger partial charge is 0.493 e. The summed E-state index contributed by atoms with van der Waals surface area (Å²) >= 11 is 0. The van der Waals surface area contributed by atoms with Crippen LogP contribution in [0.2, 0.25) is 0 Å². The highest BCUT2D eigenvalue weighted by molar-refractivity contribution is 5.91. The highest BCUT2D eigenvalue weighted by atomic mass is 19.4. The Kier molecular flexibility index (Phi) is 7.23. The molecular weight excluding hydrogens is 477 g/mol. The molecule has 0 bridgehead atoms. The number of hydrogen-bond acceptors (Lipinski definition) is 9. The number of benzene rings is 1. The topological polar surface area (TPSA) is 117 Å². The monoisotopic (exact) mass is 500 g/mol. The van der Waals surface area contributed by atoms with E-state index in [1.165, 1.54) is 13.2 Å². The van der Waals surface area contributed by atoms with Gasteiger partial charge in [0, 0.05) is 29.5 Å². The Labute approximate surface area is 204 Å². The lowest BCUT2D eigenvalue weighted by molar-refractivity contribution is -0.141. The minimum atomic E-state index is -4.60. The van der Waals surface area contributed by atoms with Gasteiger partial charge in [0.2, 0.25) is 0 Å². The SMILES string of the molecule is COc1cc2nc(C)nc(NCc3cc(N)cc(C(F)(F)F)n3)c2cc1OCCOc1ccncc1. The Balaban J connectivity index is 1.55. The first-order valence-electron chi connectivity index (χ1n) is 10.8. The van der Waals surface area contributed by atoms with Gasteiger partial charge in [0.15, 0.2) is 11.5 Å². The van der Waals surface area contributed by atoms with Crippen LogP contribution in [0.25, 0.3) is 10.9 Å². The molecule has 0 aliphatic carbocycles. The first-order valence-corrected chi connectivity index (χ1v) is 10.8. The third-order valence-corrected chi connectivity index (χ3v) is 4.98. The van der Waals surface area contributed by atoms with E-state index in [9.17, 15) is 13.2 Å². The van der Waals surface area contributed by atoms with Gasteiger partial charge in [-0.1, -0.05) is 0 Å². The van der Waals surface area contributed by atoms with Gasteiger partial charge < -0.3 is 25.3 Å². The van der Waals surface area contributed by atoms with Gasteiger partial charge in [0.1, 0.15) is 36.3 Å². The van der Waals surface area contributed by atoms with Crippen LogP contribution in [0.4, 0.5) is 24.7 Å². The average molecular weight is 500 g/mol. The van der Waals surface area contributed by atoms with Crippen molar-refractivity contribution in [3.8, 4) is 17.2 Å². The minimum absolute atomic E-state index is 0.0349. The lowest BCUT2D eigenvalue weighted by atomic mass is 10.2. The summed E-state index contributed by atoms with van der Waals surface area (Å²) in [5.41, 5.74) is 5.24. The van der Waals surface area contributed by atoms with Crippen LogP contribution in [0.3, 0.4) is 0 Å². The van der Waals surface area contributed by atoms with E-state index in [4.69, 9.17) is 19.9 Å². The van der Waals surface area contributed by atoms with Crippen molar-refractivity contribution in [1.29, 1.82) is 0 Å². The fourth-order valence-electron chi connectivity index (χ4n) is 3.43. The Bertz CT molecular complexity index is 1350. The zero-order chi connectivity index (χ0) is 25.7. The van der Waals surface area contributed by atoms with Gasteiger partial charge in [0.05, 0.1) is 24.9 Å². The number of nitrogens with two attached hydrogens (primary N) is 1. The summed E-state index contributed by atoms with van der Waals surface area (Å²) < 4.78 is 56.3. The van der Waals surface area contributed by atoms with Crippen molar-refractivity contribution in [3.05, 3.63) is 66.0 Å². The standard InChI is InChI=1S/C24H23F3N6O3/c1-14-31-19-12-20(34-2)21(36-8-7-35-17-3-5-29-6-4-17)11-18(19)23(32-14)30-13-16-9-15(28)10-22(33-16)24(25,26)27/h3-6,9-12H,7-8,13H2,1-2H3,(H2,28,33)(H,30,31,32). The van der Waals surface area contributed by atoms with Gasteiger partial charge in [-0.15, -0.1) is 0 Å². The summed E-state index contributed by atoms with van der Waals surface area (Å²) in [4.78, 5) is 16.5. The van der Waals surface area contributed by atoms with Crippen LogP contribution in [0.5, 0.6) is 17.2 Å². The number of nitrogen functional groups attached to an aromatic ring is 1.